The van der Waals surface area contributed by atoms with E-state index in [0.29, 0.717) is 23.8 Å². The van der Waals surface area contributed by atoms with Gasteiger partial charge in [-0.2, -0.15) is 0 Å². The number of amides is 2. The Hall–Kier alpha value is -2.24. The molecule has 25 heavy (non-hydrogen) atoms. The first-order chi connectivity index (χ1) is 12.0. The van der Waals surface area contributed by atoms with Crippen LogP contribution in [0.15, 0.2) is 24.3 Å². The summed E-state index contributed by atoms with van der Waals surface area (Å²) in [6.45, 7) is 5.49. The lowest BCUT2D eigenvalue weighted by Crippen LogP contribution is -2.49. The van der Waals surface area contributed by atoms with Crippen LogP contribution in [-0.4, -0.2) is 49.6 Å². The molecule has 0 aromatic heterocycles. The molecule has 0 bridgehead atoms. The van der Waals surface area contributed by atoms with Gasteiger partial charge in [-0.3, -0.25) is 9.59 Å². The second-order valence-electron chi connectivity index (χ2n) is 6.72. The van der Waals surface area contributed by atoms with E-state index in [1.165, 1.54) is 0 Å². The maximum absolute atomic E-state index is 12.6. The zero-order valence-corrected chi connectivity index (χ0v) is 15.3. The second-order valence-corrected chi connectivity index (χ2v) is 6.72. The van der Waals surface area contributed by atoms with Gasteiger partial charge >= 0.3 is 0 Å². The van der Waals surface area contributed by atoms with Gasteiger partial charge < -0.3 is 19.7 Å². The van der Waals surface area contributed by atoms with Crippen LogP contribution < -0.4 is 14.8 Å². The first kappa shape index (κ1) is 19.1. The number of hydrogen-bond donors (Lipinski definition) is 1. The fourth-order valence-corrected chi connectivity index (χ4v) is 2.97. The molecule has 1 aliphatic heterocycles. The van der Waals surface area contributed by atoms with Crippen molar-refractivity contribution in [3.05, 3.63) is 24.3 Å². The zero-order chi connectivity index (χ0) is 18.2. The number of methoxy groups -OCH3 is 1. The number of benzene rings is 1. The van der Waals surface area contributed by atoms with Crippen LogP contribution in [0.5, 0.6) is 11.5 Å². The molecule has 1 atom stereocenters. The number of likely N-dealkylation sites (tertiary alicyclic amines) is 1. The van der Waals surface area contributed by atoms with Crippen LogP contribution in [0.4, 0.5) is 0 Å². The largest absolute Gasteiger partial charge is 0.493 e. The van der Waals surface area contributed by atoms with Crippen molar-refractivity contribution in [2.45, 2.75) is 39.2 Å². The predicted octanol–water partition coefficient (Wildman–Crippen LogP) is 2.23. The molecule has 1 aromatic carbocycles. The summed E-state index contributed by atoms with van der Waals surface area (Å²) in [5, 5.41) is 2.84. The van der Waals surface area contributed by atoms with E-state index in [-0.39, 0.29) is 18.4 Å². The molecule has 0 aliphatic carbocycles. The summed E-state index contributed by atoms with van der Waals surface area (Å²) in [5.41, 5.74) is 0. The molecule has 0 saturated carbocycles. The number of carbonyl (C=O) groups excluding carboxylic acids is 2. The van der Waals surface area contributed by atoms with Crippen molar-refractivity contribution < 1.29 is 19.1 Å². The molecule has 2 amide bonds. The van der Waals surface area contributed by atoms with Gasteiger partial charge in [0.15, 0.2) is 18.1 Å². The Morgan fingerprint density at radius 2 is 1.80 bits per heavy atom. The number of rotatable bonds is 8. The van der Waals surface area contributed by atoms with Crippen molar-refractivity contribution in [1.82, 2.24) is 10.2 Å². The molecule has 1 N–H and O–H groups in total. The van der Waals surface area contributed by atoms with Gasteiger partial charge in [-0.05, 0) is 37.3 Å². The van der Waals surface area contributed by atoms with Crippen LogP contribution in [0.2, 0.25) is 0 Å². The fourth-order valence-electron chi connectivity index (χ4n) is 2.97. The van der Waals surface area contributed by atoms with Gasteiger partial charge in [0.1, 0.15) is 6.04 Å². The van der Waals surface area contributed by atoms with Gasteiger partial charge in [0.05, 0.1) is 7.11 Å². The van der Waals surface area contributed by atoms with Crippen molar-refractivity contribution >= 4 is 11.8 Å². The Balaban J connectivity index is 1.93. The van der Waals surface area contributed by atoms with Gasteiger partial charge in [-0.15, -0.1) is 0 Å². The molecule has 1 aromatic rings. The zero-order valence-electron chi connectivity index (χ0n) is 15.3. The third kappa shape index (κ3) is 5.66. The van der Waals surface area contributed by atoms with Crippen molar-refractivity contribution in [1.29, 1.82) is 0 Å². The van der Waals surface area contributed by atoms with E-state index < -0.39 is 6.04 Å². The normalized spacial score (nSPS) is 15.1. The van der Waals surface area contributed by atoms with Crippen LogP contribution in [0, 0.1) is 5.92 Å². The Morgan fingerprint density at radius 1 is 1.16 bits per heavy atom. The summed E-state index contributed by atoms with van der Waals surface area (Å²) in [4.78, 5) is 26.8. The lowest BCUT2D eigenvalue weighted by molar-refractivity contribution is -0.136. The minimum Gasteiger partial charge on any atom is -0.493 e. The minimum atomic E-state index is -0.494. The highest BCUT2D eigenvalue weighted by atomic mass is 16.5. The minimum absolute atomic E-state index is 0.0110. The van der Waals surface area contributed by atoms with E-state index >= 15 is 0 Å². The number of hydrogen-bond acceptors (Lipinski definition) is 4. The summed E-state index contributed by atoms with van der Waals surface area (Å²) in [6.07, 6.45) is 2.69. The quantitative estimate of drug-likeness (QED) is 0.782. The Bertz CT molecular complexity index is 583. The van der Waals surface area contributed by atoms with Gasteiger partial charge in [-0.1, -0.05) is 26.0 Å². The summed E-state index contributed by atoms with van der Waals surface area (Å²) in [5.74, 6) is 1.10. The molecule has 1 aliphatic rings. The SMILES string of the molecule is COc1ccccc1OCC(=O)N[C@@H](CC(C)C)C(=O)N1CCCC1. The highest BCUT2D eigenvalue weighted by Crippen LogP contribution is 2.25. The summed E-state index contributed by atoms with van der Waals surface area (Å²) >= 11 is 0. The van der Waals surface area contributed by atoms with E-state index in [0.717, 1.165) is 25.9 Å². The molecule has 6 nitrogen and oxygen atoms in total. The highest BCUT2D eigenvalue weighted by Gasteiger charge is 2.28. The molecule has 6 heteroatoms. The topological polar surface area (TPSA) is 67.9 Å². The molecule has 2 rings (SSSR count). The van der Waals surface area contributed by atoms with E-state index in [1.54, 1.807) is 19.2 Å². The van der Waals surface area contributed by atoms with Crippen molar-refractivity contribution in [2.24, 2.45) is 5.92 Å². The van der Waals surface area contributed by atoms with Gasteiger partial charge in [0.25, 0.3) is 5.91 Å². The van der Waals surface area contributed by atoms with Crippen molar-refractivity contribution in [3.63, 3.8) is 0 Å². The fraction of sp³-hybridized carbons (Fsp3) is 0.579. The molecule has 1 heterocycles. The maximum atomic E-state index is 12.6. The molecule has 138 valence electrons. The standard InChI is InChI=1S/C19H28N2O4/c1-14(2)12-15(19(23)21-10-6-7-11-21)20-18(22)13-25-17-9-5-4-8-16(17)24-3/h4-5,8-9,14-15H,6-7,10-13H2,1-3H3,(H,20,22)/t15-/m0/s1. The van der Waals surface area contributed by atoms with E-state index in [9.17, 15) is 9.59 Å². The molecule has 1 saturated heterocycles. The van der Waals surface area contributed by atoms with Gasteiger partial charge in [0, 0.05) is 13.1 Å². The maximum Gasteiger partial charge on any atom is 0.258 e. The number of carbonyl (C=O) groups is 2. The second kappa shape index (κ2) is 9.30. The Labute approximate surface area is 149 Å². The average Bonchev–Trinajstić information content (AvgIpc) is 3.13. The summed E-state index contributed by atoms with van der Waals surface area (Å²) in [7, 11) is 1.55. The Morgan fingerprint density at radius 3 is 2.40 bits per heavy atom. The molecule has 1 fully saturated rings. The lowest BCUT2D eigenvalue weighted by atomic mass is 10.0. The first-order valence-electron chi connectivity index (χ1n) is 8.85. The monoisotopic (exact) mass is 348 g/mol. The average molecular weight is 348 g/mol. The van der Waals surface area contributed by atoms with E-state index in [4.69, 9.17) is 9.47 Å². The lowest BCUT2D eigenvalue weighted by Gasteiger charge is -2.25. The third-order valence-electron chi connectivity index (χ3n) is 4.19. The van der Waals surface area contributed by atoms with E-state index in [2.05, 4.69) is 5.32 Å². The summed E-state index contributed by atoms with van der Waals surface area (Å²) in [6, 6.07) is 6.67. The predicted molar refractivity (Wildman–Crippen MR) is 95.7 cm³/mol. The van der Waals surface area contributed by atoms with Gasteiger partial charge in [-0.25, -0.2) is 0 Å². The molecule has 0 radical (unpaired) electrons. The van der Waals surface area contributed by atoms with Crippen molar-refractivity contribution in [2.75, 3.05) is 26.8 Å². The number of nitrogens with one attached hydrogen (secondary N) is 1. The third-order valence-corrected chi connectivity index (χ3v) is 4.19. The van der Waals surface area contributed by atoms with Crippen molar-refractivity contribution in [3.8, 4) is 11.5 Å². The number of ether oxygens (including phenoxy) is 2. The summed E-state index contributed by atoms with van der Waals surface area (Å²) < 4.78 is 10.7. The van der Waals surface area contributed by atoms with Crippen LogP contribution in [0.25, 0.3) is 0 Å². The van der Waals surface area contributed by atoms with E-state index in [1.807, 2.05) is 30.9 Å². The Kier molecular flexibility index (Phi) is 7.10. The van der Waals surface area contributed by atoms with Crippen LogP contribution in [0.1, 0.15) is 33.1 Å². The van der Waals surface area contributed by atoms with Crippen LogP contribution >= 0.6 is 0 Å². The first-order valence-corrected chi connectivity index (χ1v) is 8.85. The molecule has 0 unspecified atom stereocenters. The number of nitrogens with zero attached hydrogens (tertiary/aromatic N) is 1. The van der Waals surface area contributed by atoms with Crippen LogP contribution in [-0.2, 0) is 9.59 Å². The highest BCUT2D eigenvalue weighted by molar-refractivity contribution is 5.88. The number of para-hydroxylation sites is 2. The van der Waals surface area contributed by atoms with Crippen LogP contribution in [0.3, 0.4) is 0 Å². The molecule has 0 spiro atoms. The molecular formula is C19H28N2O4. The molecular weight excluding hydrogens is 320 g/mol. The van der Waals surface area contributed by atoms with Gasteiger partial charge in [0.2, 0.25) is 5.91 Å². The smallest absolute Gasteiger partial charge is 0.258 e.